The Morgan fingerprint density at radius 1 is 1.10 bits per heavy atom. The van der Waals surface area contributed by atoms with Gasteiger partial charge in [0.1, 0.15) is 19.0 Å². The van der Waals surface area contributed by atoms with Crippen LogP contribution in [-0.2, 0) is 0 Å². The van der Waals surface area contributed by atoms with Crippen molar-refractivity contribution in [1.82, 2.24) is 5.43 Å². The van der Waals surface area contributed by atoms with Crippen molar-refractivity contribution in [2.24, 2.45) is 5.84 Å². The molecule has 0 aromatic heterocycles. The minimum Gasteiger partial charge on any atom is -0.486 e. The van der Waals surface area contributed by atoms with Crippen LogP contribution < -0.4 is 20.7 Å². The molecule has 1 aliphatic heterocycles. The molecule has 1 heterocycles. The van der Waals surface area contributed by atoms with Crippen molar-refractivity contribution in [2.75, 3.05) is 13.2 Å². The topological polar surface area (TPSA) is 56.5 Å². The molecule has 0 saturated carbocycles. The summed E-state index contributed by atoms with van der Waals surface area (Å²) in [5, 5.41) is 0. The Labute approximate surface area is 122 Å². The number of ether oxygens (including phenoxy) is 2. The third-order valence-electron chi connectivity index (χ3n) is 3.61. The van der Waals surface area contributed by atoms with Crippen LogP contribution in [-0.4, -0.2) is 13.2 Å². The Morgan fingerprint density at radius 3 is 2.57 bits per heavy atom. The molecule has 2 aromatic rings. The van der Waals surface area contributed by atoms with Crippen LogP contribution in [0, 0.1) is 12.7 Å². The Hall–Kier alpha value is -2.11. The maximum absolute atomic E-state index is 13.3. The molecule has 0 amide bonds. The van der Waals surface area contributed by atoms with Crippen molar-refractivity contribution in [1.29, 1.82) is 0 Å². The Bertz CT molecular complexity index is 661. The van der Waals surface area contributed by atoms with Crippen LogP contribution in [0.5, 0.6) is 11.5 Å². The van der Waals surface area contributed by atoms with E-state index in [2.05, 4.69) is 5.43 Å². The number of halogens is 1. The lowest BCUT2D eigenvalue weighted by molar-refractivity contribution is 0.171. The van der Waals surface area contributed by atoms with E-state index in [1.807, 2.05) is 25.1 Å². The van der Waals surface area contributed by atoms with Crippen LogP contribution in [0.15, 0.2) is 36.4 Å². The fraction of sp³-hybridized carbons (Fsp3) is 0.250. The number of hydrazine groups is 1. The lowest BCUT2D eigenvalue weighted by Crippen LogP contribution is -2.29. The molecule has 5 heteroatoms. The first-order chi connectivity index (χ1) is 10.2. The first-order valence-corrected chi connectivity index (χ1v) is 6.81. The van der Waals surface area contributed by atoms with E-state index in [0.29, 0.717) is 19.0 Å². The molecule has 3 rings (SSSR count). The maximum Gasteiger partial charge on any atom is 0.161 e. The van der Waals surface area contributed by atoms with Crippen LogP contribution in [0.25, 0.3) is 0 Å². The molecular weight excluding hydrogens is 271 g/mol. The molecule has 1 aliphatic rings. The molecule has 1 unspecified atom stereocenters. The van der Waals surface area contributed by atoms with Gasteiger partial charge < -0.3 is 9.47 Å². The van der Waals surface area contributed by atoms with Crippen molar-refractivity contribution in [3.63, 3.8) is 0 Å². The third-order valence-corrected chi connectivity index (χ3v) is 3.61. The average Bonchev–Trinajstić information content (AvgIpc) is 2.50. The Kier molecular flexibility index (Phi) is 3.77. The highest BCUT2D eigenvalue weighted by Crippen LogP contribution is 2.34. The Morgan fingerprint density at radius 2 is 1.86 bits per heavy atom. The van der Waals surface area contributed by atoms with E-state index in [1.165, 1.54) is 12.1 Å². The Balaban J connectivity index is 1.99. The van der Waals surface area contributed by atoms with Gasteiger partial charge >= 0.3 is 0 Å². The summed E-state index contributed by atoms with van der Waals surface area (Å²) in [4.78, 5) is 0. The monoisotopic (exact) mass is 288 g/mol. The molecule has 0 saturated heterocycles. The molecular formula is C16H17FN2O2. The second-order valence-electron chi connectivity index (χ2n) is 5.00. The predicted molar refractivity (Wildman–Crippen MR) is 77.7 cm³/mol. The van der Waals surface area contributed by atoms with E-state index in [-0.39, 0.29) is 11.9 Å². The van der Waals surface area contributed by atoms with Gasteiger partial charge in [0.25, 0.3) is 0 Å². The number of nitrogens with one attached hydrogen (secondary N) is 1. The van der Waals surface area contributed by atoms with Crippen LogP contribution in [0.3, 0.4) is 0 Å². The molecule has 2 aromatic carbocycles. The maximum atomic E-state index is 13.3. The van der Waals surface area contributed by atoms with Gasteiger partial charge in [0.15, 0.2) is 11.5 Å². The smallest absolute Gasteiger partial charge is 0.161 e. The molecule has 0 radical (unpaired) electrons. The number of rotatable bonds is 3. The van der Waals surface area contributed by atoms with Gasteiger partial charge in [-0.3, -0.25) is 5.84 Å². The minimum atomic E-state index is -0.255. The fourth-order valence-electron chi connectivity index (χ4n) is 2.57. The summed E-state index contributed by atoms with van der Waals surface area (Å²) in [7, 11) is 0. The molecule has 3 N–H and O–H groups in total. The summed E-state index contributed by atoms with van der Waals surface area (Å²) in [5.74, 6) is 6.89. The summed E-state index contributed by atoms with van der Waals surface area (Å²) in [6, 6.07) is 10.1. The van der Waals surface area contributed by atoms with Crippen molar-refractivity contribution >= 4 is 0 Å². The summed E-state index contributed by atoms with van der Waals surface area (Å²) in [6.07, 6.45) is 0. The number of aryl methyl sites for hydroxylation is 1. The average molecular weight is 288 g/mol. The van der Waals surface area contributed by atoms with E-state index in [1.54, 1.807) is 6.07 Å². The highest BCUT2D eigenvalue weighted by Gasteiger charge is 2.19. The zero-order valence-electron chi connectivity index (χ0n) is 11.7. The lowest BCUT2D eigenvalue weighted by Gasteiger charge is -2.23. The van der Waals surface area contributed by atoms with E-state index < -0.39 is 0 Å². The first-order valence-electron chi connectivity index (χ1n) is 6.81. The van der Waals surface area contributed by atoms with Gasteiger partial charge in [-0.1, -0.05) is 12.1 Å². The van der Waals surface area contributed by atoms with Crippen molar-refractivity contribution in [3.05, 3.63) is 58.9 Å². The number of fused-ring (bicyclic) bond motifs is 1. The van der Waals surface area contributed by atoms with E-state index in [0.717, 1.165) is 22.4 Å². The second-order valence-corrected chi connectivity index (χ2v) is 5.00. The lowest BCUT2D eigenvalue weighted by atomic mass is 9.95. The van der Waals surface area contributed by atoms with Gasteiger partial charge in [-0.15, -0.1) is 0 Å². The molecule has 4 nitrogen and oxygen atoms in total. The van der Waals surface area contributed by atoms with Gasteiger partial charge in [0, 0.05) is 0 Å². The molecule has 1 atom stereocenters. The van der Waals surface area contributed by atoms with Gasteiger partial charge in [-0.2, -0.15) is 0 Å². The molecule has 110 valence electrons. The van der Waals surface area contributed by atoms with Crippen molar-refractivity contribution < 1.29 is 13.9 Å². The fourth-order valence-corrected chi connectivity index (χ4v) is 2.57. The van der Waals surface area contributed by atoms with E-state index in [4.69, 9.17) is 15.3 Å². The van der Waals surface area contributed by atoms with Crippen LogP contribution in [0.2, 0.25) is 0 Å². The van der Waals surface area contributed by atoms with Gasteiger partial charge in [-0.25, -0.2) is 9.82 Å². The summed E-state index contributed by atoms with van der Waals surface area (Å²) >= 11 is 0. The minimum absolute atomic E-state index is 0.235. The van der Waals surface area contributed by atoms with E-state index >= 15 is 0 Å². The van der Waals surface area contributed by atoms with Crippen molar-refractivity contribution in [3.8, 4) is 11.5 Å². The quantitative estimate of drug-likeness (QED) is 0.673. The summed E-state index contributed by atoms with van der Waals surface area (Å²) in [5.41, 5.74) is 5.49. The number of benzene rings is 2. The SMILES string of the molecule is Cc1cc(F)ccc1C(NN)c1ccc2c(c1)OCCO2. The highest BCUT2D eigenvalue weighted by atomic mass is 19.1. The van der Waals surface area contributed by atoms with Crippen LogP contribution >= 0.6 is 0 Å². The molecule has 0 aliphatic carbocycles. The summed E-state index contributed by atoms with van der Waals surface area (Å²) in [6.45, 7) is 2.95. The second kappa shape index (κ2) is 5.71. The summed E-state index contributed by atoms with van der Waals surface area (Å²) < 4.78 is 24.4. The molecule has 0 fully saturated rings. The highest BCUT2D eigenvalue weighted by molar-refractivity contribution is 5.47. The van der Waals surface area contributed by atoms with Gasteiger partial charge in [0.05, 0.1) is 6.04 Å². The zero-order chi connectivity index (χ0) is 14.8. The molecule has 0 spiro atoms. The third kappa shape index (κ3) is 2.70. The van der Waals surface area contributed by atoms with E-state index in [9.17, 15) is 4.39 Å². The van der Waals surface area contributed by atoms with Gasteiger partial charge in [-0.05, 0) is 47.9 Å². The predicted octanol–water partition coefficient (Wildman–Crippen LogP) is 2.46. The normalized spacial score (nSPS) is 14.8. The van der Waals surface area contributed by atoms with Crippen LogP contribution in [0.4, 0.5) is 4.39 Å². The standard InChI is InChI=1S/C16H17FN2O2/c1-10-8-12(17)3-4-13(10)16(19-18)11-2-5-14-15(9-11)21-7-6-20-14/h2-5,8-9,16,19H,6-7,18H2,1H3. The number of hydrogen-bond donors (Lipinski definition) is 2. The van der Waals surface area contributed by atoms with Crippen molar-refractivity contribution in [2.45, 2.75) is 13.0 Å². The number of hydrogen-bond acceptors (Lipinski definition) is 4. The van der Waals surface area contributed by atoms with Crippen LogP contribution in [0.1, 0.15) is 22.7 Å². The number of nitrogens with two attached hydrogens (primary N) is 1. The largest absolute Gasteiger partial charge is 0.486 e. The molecule has 21 heavy (non-hydrogen) atoms. The molecule has 0 bridgehead atoms. The van der Waals surface area contributed by atoms with Gasteiger partial charge in [0.2, 0.25) is 0 Å². The zero-order valence-corrected chi connectivity index (χ0v) is 11.7. The first kappa shape index (κ1) is 13.9.